The number of carboxylic acid groups (broad SMARTS) is 2. The number of aliphatic carboxylic acids is 2. The van der Waals surface area contributed by atoms with E-state index in [4.69, 9.17) is 15.9 Å². The molecule has 0 saturated carbocycles. The van der Waals surface area contributed by atoms with Gasteiger partial charge in [-0.1, -0.05) is 0 Å². The molecule has 104 valence electrons. The minimum absolute atomic E-state index is 0.0135. The van der Waals surface area contributed by atoms with Gasteiger partial charge in [0.15, 0.2) is 0 Å². The van der Waals surface area contributed by atoms with E-state index in [1.807, 2.05) is 0 Å². The van der Waals surface area contributed by atoms with Gasteiger partial charge in [0.1, 0.15) is 5.54 Å². The fraction of sp³-hybridized carbons (Fsp3) is 0.727. The Balaban J connectivity index is 4.81. The van der Waals surface area contributed by atoms with Crippen molar-refractivity contribution in [2.75, 3.05) is 6.54 Å². The molecule has 1 amide bonds. The molecule has 0 bridgehead atoms. The summed E-state index contributed by atoms with van der Waals surface area (Å²) in [5.41, 5.74) is 4.22. The zero-order valence-electron chi connectivity index (χ0n) is 10.8. The number of carboxylic acids is 2. The maximum Gasteiger partial charge on any atom is 0.329 e. The summed E-state index contributed by atoms with van der Waals surface area (Å²) in [6.07, 6.45) is -0.238. The van der Waals surface area contributed by atoms with E-state index in [0.29, 0.717) is 0 Å². The molecule has 0 aromatic carbocycles. The topological polar surface area (TPSA) is 121 Å². The van der Waals surface area contributed by atoms with Gasteiger partial charge in [0.2, 0.25) is 5.91 Å². The van der Waals surface area contributed by atoms with E-state index in [-0.39, 0.29) is 19.4 Å². The van der Waals surface area contributed by atoms with Crippen molar-refractivity contribution >= 4 is 17.8 Å². The van der Waals surface area contributed by atoms with Gasteiger partial charge in [-0.2, -0.15) is 0 Å². The monoisotopic (exact) mass is 260 g/mol. The largest absolute Gasteiger partial charge is 0.481 e. The molecule has 0 aromatic rings. The Kier molecular flexibility index (Phi) is 5.77. The molecule has 7 nitrogen and oxygen atoms in total. The van der Waals surface area contributed by atoms with Gasteiger partial charge in [-0.05, 0) is 27.2 Å². The van der Waals surface area contributed by atoms with E-state index in [9.17, 15) is 14.4 Å². The number of hydrogen-bond acceptors (Lipinski definition) is 4. The molecule has 1 atom stereocenters. The first kappa shape index (κ1) is 16.4. The van der Waals surface area contributed by atoms with Crippen LogP contribution in [-0.4, -0.2) is 51.1 Å². The van der Waals surface area contributed by atoms with Crippen LogP contribution in [0.2, 0.25) is 0 Å². The summed E-state index contributed by atoms with van der Waals surface area (Å²) in [6.45, 7) is 4.65. The zero-order chi connectivity index (χ0) is 14.5. The van der Waals surface area contributed by atoms with Gasteiger partial charge in [0.05, 0.1) is 6.04 Å². The summed E-state index contributed by atoms with van der Waals surface area (Å²) in [7, 11) is 0. The lowest BCUT2D eigenvalue weighted by Crippen LogP contribution is -2.57. The predicted molar refractivity (Wildman–Crippen MR) is 63.9 cm³/mol. The highest BCUT2D eigenvalue weighted by atomic mass is 16.4. The first-order chi connectivity index (χ1) is 8.14. The number of likely N-dealkylation sites (N-methyl/N-ethyl adjacent to an activating group) is 1. The SMILES string of the molecule is CCN(C(=O)C(N)CCC(=O)O)C(C)(C)C(=O)O. The Bertz CT molecular complexity index is 340. The summed E-state index contributed by atoms with van der Waals surface area (Å²) < 4.78 is 0. The molecule has 0 radical (unpaired) electrons. The Morgan fingerprint density at radius 3 is 2.11 bits per heavy atom. The molecular weight excluding hydrogens is 240 g/mol. The van der Waals surface area contributed by atoms with Crippen molar-refractivity contribution in [2.24, 2.45) is 5.73 Å². The number of hydrogen-bond donors (Lipinski definition) is 3. The number of carbonyl (C=O) groups excluding carboxylic acids is 1. The summed E-state index contributed by atoms with van der Waals surface area (Å²) in [5.74, 6) is -2.73. The number of nitrogens with zero attached hydrogens (tertiary/aromatic N) is 1. The van der Waals surface area contributed by atoms with Gasteiger partial charge in [-0.3, -0.25) is 9.59 Å². The first-order valence-electron chi connectivity index (χ1n) is 5.66. The van der Waals surface area contributed by atoms with E-state index in [2.05, 4.69) is 0 Å². The van der Waals surface area contributed by atoms with Crippen molar-refractivity contribution in [3.8, 4) is 0 Å². The van der Waals surface area contributed by atoms with E-state index in [1.54, 1.807) is 6.92 Å². The fourth-order valence-electron chi connectivity index (χ4n) is 1.54. The third-order valence-electron chi connectivity index (χ3n) is 2.77. The van der Waals surface area contributed by atoms with Crippen LogP contribution < -0.4 is 5.73 Å². The molecule has 0 heterocycles. The highest BCUT2D eigenvalue weighted by Crippen LogP contribution is 2.16. The molecule has 0 aliphatic rings. The van der Waals surface area contributed by atoms with E-state index < -0.39 is 29.4 Å². The Hall–Kier alpha value is -1.63. The van der Waals surface area contributed by atoms with Gasteiger partial charge >= 0.3 is 11.9 Å². The second-order valence-electron chi connectivity index (χ2n) is 4.49. The lowest BCUT2D eigenvalue weighted by Gasteiger charge is -2.35. The molecule has 0 saturated heterocycles. The molecule has 0 rings (SSSR count). The van der Waals surface area contributed by atoms with Gasteiger partial charge in [0, 0.05) is 13.0 Å². The van der Waals surface area contributed by atoms with Crippen LogP contribution in [0.3, 0.4) is 0 Å². The number of rotatable bonds is 7. The second kappa shape index (κ2) is 6.34. The van der Waals surface area contributed by atoms with Crippen LogP contribution in [0.5, 0.6) is 0 Å². The normalized spacial score (nSPS) is 12.9. The number of nitrogens with two attached hydrogens (primary N) is 1. The van der Waals surface area contributed by atoms with Crippen molar-refractivity contribution in [3.05, 3.63) is 0 Å². The van der Waals surface area contributed by atoms with E-state index in [0.717, 1.165) is 4.90 Å². The first-order valence-corrected chi connectivity index (χ1v) is 5.66. The highest BCUT2D eigenvalue weighted by molar-refractivity contribution is 5.89. The molecule has 0 aliphatic heterocycles. The molecule has 0 fully saturated rings. The summed E-state index contributed by atoms with van der Waals surface area (Å²) >= 11 is 0. The lowest BCUT2D eigenvalue weighted by atomic mass is 10.0. The highest BCUT2D eigenvalue weighted by Gasteiger charge is 2.38. The van der Waals surface area contributed by atoms with Gasteiger partial charge in [0.25, 0.3) is 0 Å². The van der Waals surface area contributed by atoms with Crippen molar-refractivity contribution in [3.63, 3.8) is 0 Å². The molecule has 0 aliphatic carbocycles. The number of amides is 1. The van der Waals surface area contributed by atoms with E-state index in [1.165, 1.54) is 13.8 Å². The number of carbonyl (C=O) groups is 3. The molecule has 0 spiro atoms. The van der Waals surface area contributed by atoms with Crippen molar-refractivity contribution < 1.29 is 24.6 Å². The van der Waals surface area contributed by atoms with Crippen LogP contribution in [-0.2, 0) is 14.4 Å². The van der Waals surface area contributed by atoms with E-state index >= 15 is 0 Å². The van der Waals surface area contributed by atoms with Crippen molar-refractivity contribution in [1.29, 1.82) is 0 Å². The molecular formula is C11H20N2O5. The molecule has 1 unspecified atom stereocenters. The molecule has 7 heteroatoms. The van der Waals surface area contributed by atoms with Gasteiger partial charge in [-0.15, -0.1) is 0 Å². The average Bonchev–Trinajstić information content (AvgIpc) is 2.25. The van der Waals surface area contributed by atoms with Crippen LogP contribution >= 0.6 is 0 Å². The maximum atomic E-state index is 12.0. The van der Waals surface area contributed by atoms with Gasteiger partial charge < -0.3 is 20.8 Å². The quantitative estimate of drug-likeness (QED) is 0.587. The van der Waals surface area contributed by atoms with Crippen molar-refractivity contribution in [1.82, 2.24) is 4.90 Å². The Morgan fingerprint density at radius 1 is 1.28 bits per heavy atom. The van der Waals surface area contributed by atoms with Crippen molar-refractivity contribution in [2.45, 2.75) is 45.2 Å². The standard InChI is InChI=1S/C11H20N2O5/c1-4-13(11(2,3)10(17)18)9(16)7(12)5-6-8(14)15/h7H,4-6,12H2,1-3H3,(H,14,15)(H,17,18). The third-order valence-corrected chi connectivity index (χ3v) is 2.77. The van der Waals surface area contributed by atoms with Crippen LogP contribution in [0.15, 0.2) is 0 Å². The Morgan fingerprint density at radius 2 is 1.78 bits per heavy atom. The second-order valence-corrected chi connectivity index (χ2v) is 4.49. The van der Waals surface area contributed by atoms with Crippen LogP contribution in [0, 0.1) is 0 Å². The minimum Gasteiger partial charge on any atom is -0.481 e. The van der Waals surface area contributed by atoms with Gasteiger partial charge in [-0.25, -0.2) is 4.79 Å². The Labute approximate surface area is 106 Å². The maximum absolute atomic E-state index is 12.0. The fourth-order valence-corrected chi connectivity index (χ4v) is 1.54. The van der Waals surface area contributed by atoms with Crippen LogP contribution in [0.4, 0.5) is 0 Å². The zero-order valence-corrected chi connectivity index (χ0v) is 10.8. The lowest BCUT2D eigenvalue weighted by molar-refractivity contribution is -0.157. The summed E-state index contributed by atoms with van der Waals surface area (Å²) in [5, 5.41) is 17.6. The minimum atomic E-state index is -1.37. The molecule has 18 heavy (non-hydrogen) atoms. The summed E-state index contributed by atoms with van der Waals surface area (Å²) in [4.78, 5) is 34.6. The third kappa shape index (κ3) is 3.99. The van der Waals surface area contributed by atoms with Crippen LogP contribution in [0.25, 0.3) is 0 Å². The molecule has 4 N–H and O–H groups in total. The average molecular weight is 260 g/mol. The van der Waals surface area contributed by atoms with Crippen LogP contribution in [0.1, 0.15) is 33.6 Å². The molecule has 0 aromatic heterocycles. The summed E-state index contributed by atoms with van der Waals surface area (Å²) in [6, 6.07) is -1.00. The smallest absolute Gasteiger partial charge is 0.329 e. The predicted octanol–water partition coefficient (Wildman–Crippen LogP) is -0.110.